The number of rotatable bonds is 5. The van der Waals surface area contributed by atoms with Crippen molar-refractivity contribution in [2.45, 2.75) is 18.9 Å². The number of hydrogen-bond donors (Lipinski definition) is 3. The molecule has 1 saturated heterocycles. The summed E-state index contributed by atoms with van der Waals surface area (Å²) < 4.78 is 6.20. The van der Waals surface area contributed by atoms with Crippen molar-refractivity contribution >= 4 is 27.6 Å². The summed E-state index contributed by atoms with van der Waals surface area (Å²) in [5, 5.41) is 9.49. The van der Waals surface area contributed by atoms with Gasteiger partial charge in [0.25, 0.3) is 0 Å². The molecule has 0 spiro atoms. The molecule has 6 heteroatoms. The van der Waals surface area contributed by atoms with Gasteiger partial charge in [0.2, 0.25) is 0 Å². The van der Waals surface area contributed by atoms with Gasteiger partial charge in [-0.05, 0) is 67.3 Å². The normalized spacial score (nSPS) is 19.6. The zero-order valence-corrected chi connectivity index (χ0v) is 16.4. The van der Waals surface area contributed by atoms with Crippen molar-refractivity contribution in [1.29, 1.82) is 0 Å². The van der Waals surface area contributed by atoms with Crippen LogP contribution in [0.2, 0.25) is 0 Å². The molecule has 3 N–H and O–H groups in total. The number of hydrogen-bond acceptors (Lipinski definition) is 3. The fourth-order valence-electron chi connectivity index (χ4n) is 3.26. The fraction of sp³-hybridized carbons (Fsp3) is 0.350. The van der Waals surface area contributed by atoms with Crippen LogP contribution < -0.4 is 20.7 Å². The van der Waals surface area contributed by atoms with Gasteiger partial charge >= 0.3 is 6.03 Å². The summed E-state index contributed by atoms with van der Waals surface area (Å²) in [5.74, 6) is 1.21. The van der Waals surface area contributed by atoms with Crippen molar-refractivity contribution < 1.29 is 9.53 Å². The van der Waals surface area contributed by atoms with Gasteiger partial charge in [-0.15, -0.1) is 0 Å². The summed E-state index contributed by atoms with van der Waals surface area (Å²) in [5.41, 5.74) is 2.03. The summed E-state index contributed by atoms with van der Waals surface area (Å²) in [6.45, 7) is 1.82. The van der Waals surface area contributed by atoms with Gasteiger partial charge in [-0.1, -0.05) is 28.1 Å². The second kappa shape index (κ2) is 9.05. The van der Waals surface area contributed by atoms with E-state index in [0.717, 1.165) is 41.8 Å². The minimum atomic E-state index is -0.154. The third kappa shape index (κ3) is 5.22. The minimum Gasteiger partial charge on any atom is -0.497 e. The van der Waals surface area contributed by atoms with Crippen LogP contribution in [-0.2, 0) is 6.42 Å². The quantitative estimate of drug-likeness (QED) is 0.692. The Labute approximate surface area is 162 Å². The lowest BCUT2D eigenvalue weighted by Crippen LogP contribution is -2.51. The highest BCUT2D eigenvalue weighted by atomic mass is 79.9. The largest absolute Gasteiger partial charge is 0.497 e. The smallest absolute Gasteiger partial charge is 0.319 e. The first-order valence-electron chi connectivity index (χ1n) is 8.81. The lowest BCUT2D eigenvalue weighted by molar-refractivity contribution is 0.232. The second-order valence-electron chi connectivity index (χ2n) is 6.52. The zero-order chi connectivity index (χ0) is 18.4. The molecule has 1 aliphatic heterocycles. The van der Waals surface area contributed by atoms with E-state index in [1.165, 1.54) is 5.56 Å². The van der Waals surface area contributed by atoms with Crippen LogP contribution in [0.25, 0.3) is 0 Å². The Balaban J connectivity index is 1.58. The summed E-state index contributed by atoms with van der Waals surface area (Å²) in [6.07, 6.45) is 1.84. The van der Waals surface area contributed by atoms with Crippen LogP contribution in [0.15, 0.2) is 53.0 Å². The number of anilines is 1. The van der Waals surface area contributed by atoms with Gasteiger partial charge in [0.15, 0.2) is 0 Å². The van der Waals surface area contributed by atoms with E-state index in [4.69, 9.17) is 4.74 Å². The molecular weight excluding hydrogens is 394 g/mol. The molecule has 138 valence electrons. The van der Waals surface area contributed by atoms with Crippen LogP contribution in [0.5, 0.6) is 5.75 Å². The molecule has 0 aliphatic carbocycles. The average molecular weight is 418 g/mol. The van der Waals surface area contributed by atoms with Gasteiger partial charge in [-0.25, -0.2) is 4.79 Å². The first-order chi connectivity index (χ1) is 12.6. The molecule has 2 atom stereocenters. The van der Waals surface area contributed by atoms with Gasteiger partial charge in [0.1, 0.15) is 5.75 Å². The van der Waals surface area contributed by atoms with Crippen molar-refractivity contribution in [3.8, 4) is 5.75 Å². The predicted molar refractivity (Wildman–Crippen MR) is 108 cm³/mol. The third-order valence-corrected chi connectivity index (χ3v) is 5.21. The highest BCUT2D eigenvalue weighted by Gasteiger charge is 2.26. The van der Waals surface area contributed by atoms with Gasteiger partial charge < -0.3 is 20.7 Å². The van der Waals surface area contributed by atoms with Gasteiger partial charge in [0.05, 0.1) is 7.11 Å². The Hall–Kier alpha value is -2.05. The third-order valence-electron chi connectivity index (χ3n) is 4.68. The SMILES string of the molecule is COc1ccc(CC2CNCCC2NC(=O)Nc2ccc(Br)cc2)cc1. The van der Waals surface area contributed by atoms with Crippen molar-refractivity contribution in [1.82, 2.24) is 10.6 Å². The summed E-state index contributed by atoms with van der Waals surface area (Å²) in [7, 11) is 1.67. The van der Waals surface area contributed by atoms with E-state index in [9.17, 15) is 4.79 Å². The molecule has 0 aromatic heterocycles. The molecule has 2 unspecified atom stereocenters. The number of urea groups is 1. The van der Waals surface area contributed by atoms with Crippen molar-refractivity contribution in [2.24, 2.45) is 5.92 Å². The maximum Gasteiger partial charge on any atom is 0.319 e. The van der Waals surface area contributed by atoms with E-state index >= 15 is 0 Å². The maximum atomic E-state index is 12.4. The summed E-state index contributed by atoms with van der Waals surface area (Å²) >= 11 is 3.40. The molecule has 0 saturated carbocycles. The topological polar surface area (TPSA) is 62.4 Å². The number of carbonyl (C=O) groups excluding carboxylic acids is 1. The summed E-state index contributed by atoms with van der Waals surface area (Å²) in [4.78, 5) is 12.4. The molecule has 0 bridgehead atoms. The molecule has 1 fully saturated rings. The number of halogens is 1. The van der Waals surface area contributed by atoms with Crippen LogP contribution in [-0.4, -0.2) is 32.3 Å². The Morgan fingerprint density at radius 3 is 2.62 bits per heavy atom. The number of carbonyl (C=O) groups is 1. The van der Waals surface area contributed by atoms with Gasteiger partial charge in [-0.3, -0.25) is 0 Å². The molecule has 2 aromatic carbocycles. The van der Waals surface area contributed by atoms with E-state index in [0.29, 0.717) is 5.92 Å². The standard InChI is InChI=1S/C20H24BrN3O2/c1-26-18-8-2-14(3-9-18)12-15-13-22-11-10-19(15)24-20(25)23-17-6-4-16(21)5-7-17/h2-9,15,19,22H,10-13H2,1H3,(H2,23,24,25). The molecule has 1 heterocycles. The van der Waals surface area contributed by atoms with Gasteiger partial charge in [-0.2, -0.15) is 0 Å². The molecule has 1 aliphatic rings. The van der Waals surface area contributed by atoms with Crippen molar-refractivity contribution in [3.05, 3.63) is 58.6 Å². The first-order valence-corrected chi connectivity index (χ1v) is 9.60. The Kier molecular flexibility index (Phi) is 6.52. The molecule has 0 radical (unpaired) electrons. The van der Waals surface area contributed by atoms with Gasteiger partial charge in [0, 0.05) is 22.7 Å². The average Bonchev–Trinajstić information content (AvgIpc) is 2.66. The predicted octanol–water partition coefficient (Wildman–Crippen LogP) is 3.80. The maximum absolute atomic E-state index is 12.4. The van der Waals surface area contributed by atoms with E-state index in [1.54, 1.807) is 7.11 Å². The van der Waals surface area contributed by atoms with Crippen LogP contribution in [0.1, 0.15) is 12.0 Å². The Bertz CT molecular complexity index is 719. The number of ether oxygens (including phenoxy) is 1. The fourth-order valence-corrected chi connectivity index (χ4v) is 3.52. The molecule has 26 heavy (non-hydrogen) atoms. The highest BCUT2D eigenvalue weighted by Crippen LogP contribution is 2.20. The van der Waals surface area contributed by atoms with Crippen molar-refractivity contribution in [3.63, 3.8) is 0 Å². The molecule has 2 aromatic rings. The zero-order valence-electron chi connectivity index (χ0n) is 14.8. The lowest BCUT2D eigenvalue weighted by Gasteiger charge is -2.33. The summed E-state index contributed by atoms with van der Waals surface area (Å²) in [6, 6.07) is 15.7. The Morgan fingerprint density at radius 1 is 1.19 bits per heavy atom. The van der Waals surface area contributed by atoms with Crippen LogP contribution in [0.3, 0.4) is 0 Å². The van der Waals surface area contributed by atoms with Crippen LogP contribution in [0.4, 0.5) is 10.5 Å². The monoisotopic (exact) mass is 417 g/mol. The van der Waals surface area contributed by atoms with Crippen molar-refractivity contribution in [2.75, 3.05) is 25.5 Å². The number of piperidine rings is 1. The molecule has 3 rings (SSSR count). The number of amides is 2. The number of benzene rings is 2. The highest BCUT2D eigenvalue weighted by molar-refractivity contribution is 9.10. The number of nitrogens with one attached hydrogen (secondary N) is 3. The molecular formula is C20H24BrN3O2. The minimum absolute atomic E-state index is 0.147. The van der Waals surface area contributed by atoms with Crippen LogP contribution >= 0.6 is 15.9 Å². The van der Waals surface area contributed by atoms with Crippen LogP contribution in [0, 0.1) is 5.92 Å². The molecule has 5 nitrogen and oxygen atoms in total. The first kappa shape index (κ1) is 18.7. The second-order valence-corrected chi connectivity index (χ2v) is 7.43. The lowest BCUT2D eigenvalue weighted by atomic mass is 9.87. The van der Waals surface area contributed by atoms with E-state index in [2.05, 4.69) is 44.0 Å². The Morgan fingerprint density at radius 2 is 1.92 bits per heavy atom. The van der Waals surface area contributed by atoms with E-state index in [1.807, 2.05) is 36.4 Å². The molecule has 2 amide bonds. The van der Waals surface area contributed by atoms with E-state index < -0.39 is 0 Å². The number of methoxy groups -OCH3 is 1. The van der Waals surface area contributed by atoms with E-state index in [-0.39, 0.29) is 12.1 Å².